The van der Waals surface area contributed by atoms with Gasteiger partial charge < -0.3 is 15.7 Å². The second-order valence-electron chi connectivity index (χ2n) is 5.53. The van der Waals surface area contributed by atoms with Gasteiger partial charge in [-0.15, -0.1) is 0 Å². The Hall–Kier alpha value is -1.40. The highest BCUT2D eigenvalue weighted by Crippen LogP contribution is 2.23. The maximum atomic E-state index is 10.3. The summed E-state index contributed by atoms with van der Waals surface area (Å²) in [6.07, 6.45) is 2.60. The van der Waals surface area contributed by atoms with Crippen LogP contribution < -0.4 is 10.6 Å². The number of nitrogens with one attached hydrogen (secondary N) is 3. The van der Waals surface area contributed by atoms with Gasteiger partial charge >= 0.3 is 0 Å². The molecule has 0 unspecified atom stereocenters. The Morgan fingerprint density at radius 1 is 1.33 bits per heavy atom. The molecule has 0 amide bonds. The van der Waals surface area contributed by atoms with Crippen LogP contribution >= 0.6 is 11.6 Å². The zero-order valence-corrected chi connectivity index (χ0v) is 12.5. The molecular weight excluding hydrogens is 288 g/mol. The third kappa shape index (κ3) is 3.44. The number of nitrogens with zero attached hydrogens (tertiary/aromatic N) is 1. The maximum absolute atomic E-state index is 10.3. The SMILES string of the molecule is O[C@@]1(CNCc2cn[nH]c2-c2ccc(Cl)cc2)CCNC1. The predicted octanol–water partition coefficient (Wildman–Crippen LogP) is 1.54. The molecule has 112 valence electrons. The second kappa shape index (κ2) is 6.15. The van der Waals surface area contributed by atoms with Crippen molar-refractivity contribution in [2.45, 2.75) is 18.6 Å². The van der Waals surface area contributed by atoms with Crippen molar-refractivity contribution >= 4 is 11.6 Å². The Kier molecular flexibility index (Phi) is 4.26. The Bertz CT molecular complexity index is 590. The van der Waals surface area contributed by atoms with Crippen LogP contribution in [-0.4, -0.2) is 40.5 Å². The van der Waals surface area contributed by atoms with E-state index in [1.54, 1.807) is 0 Å². The molecule has 6 heteroatoms. The fourth-order valence-electron chi connectivity index (χ4n) is 2.62. The molecule has 1 aromatic carbocycles. The highest BCUT2D eigenvalue weighted by atomic mass is 35.5. The second-order valence-corrected chi connectivity index (χ2v) is 5.97. The predicted molar refractivity (Wildman–Crippen MR) is 83.2 cm³/mol. The third-order valence-electron chi connectivity index (χ3n) is 3.84. The summed E-state index contributed by atoms with van der Waals surface area (Å²) in [5.41, 5.74) is 2.47. The van der Waals surface area contributed by atoms with Gasteiger partial charge in [0, 0.05) is 30.2 Å². The molecule has 2 aromatic rings. The van der Waals surface area contributed by atoms with Crippen LogP contribution in [0.1, 0.15) is 12.0 Å². The lowest BCUT2D eigenvalue weighted by Gasteiger charge is -2.21. The first-order valence-electron chi connectivity index (χ1n) is 7.08. The van der Waals surface area contributed by atoms with E-state index in [-0.39, 0.29) is 0 Å². The molecule has 1 fully saturated rings. The van der Waals surface area contributed by atoms with Crippen LogP contribution in [0.5, 0.6) is 0 Å². The summed E-state index contributed by atoms with van der Waals surface area (Å²) in [5, 5.41) is 24.6. The van der Waals surface area contributed by atoms with Crippen molar-refractivity contribution in [3.05, 3.63) is 41.0 Å². The summed E-state index contributed by atoms with van der Waals surface area (Å²) in [7, 11) is 0. The molecule has 1 saturated heterocycles. The van der Waals surface area contributed by atoms with Crippen molar-refractivity contribution in [2.24, 2.45) is 0 Å². The number of H-pyrrole nitrogens is 1. The number of aromatic amines is 1. The number of hydrogen-bond donors (Lipinski definition) is 4. The molecule has 4 N–H and O–H groups in total. The van der Waals surface area contributed by atoms with E-state index in [2.05, 4.69) is 20.8 Å². The normalized spacial score (nSPS) is 21.8. The monoisotopic (exact) mass is 306 g/mol. The van der Waals surface area contributed by atoms with E-state index in [9.17, 15) is 5.11 Å². The molecule has 0 spiro atoms. The Morgan fingerprint density at radius 2 is 2.14 bits per heavy atom. The lowest BCUT2D eigenvalue weighted by Crippen LogP contribution is -2.42. The minimum absolute atomic E-state index is 0.575. The lowest BCUT2D eigenvalue weighted by atomic mass is 10.0. The largest absolute Gasteiger partial charge is 0.387 e. The van der Waals surface area contributed by atoms with Crippen molar-refractivity contribution < 1.29 is 5.11 Å². The summed E-state index contributed by atoms with van der Waals surface area (Å²) >= 11 is 5.91. The third-order valence-corrected chi connectivity index (χ3v) is 4.09. The summed E-state index contributed by atoms with van der Waals surface area (Å²) in [6.45, 7) is 2.76. The molecule has 3 rings (SSSR count). The van der Waals surface area contributed by atoms with Gasteiger partial charge in [0.05, 0.1) is 17.5 Å². The molecule has 1 aliphatic heterocycles. The van der Waals surface area contributed by atoms with Crippen LogP contribution in [0, 0.1) is 0 Å². The smallest absolute Gasteiger partial charge is 0.0907 e. The molecule has 5 nitrogen and oxygen atoms in total. The van der Waals surface area contributed by atoms with Gasteiger partial charge in [-0.3, -0.25) is 5.10 Å². The number of hydrogen-bond acceptors (Lipinski definition) is 4. The van der Waals surface area contributed by atoms with Gasteiger partial charge in [0.2, 0.25) is 0 Å². The van der Waals surface area contributed by atoms with Gasteiger partial charge in [-0.1, -0.05) is 23.7 Å². The zero-order valence-electron chi connectivity index (χ0n) is 11.7. The molecule has 21 heavy (non-hydrogen) atoms. The van der Waals surface area contributed by atoms with Crippen LogP contribution in [-0.2, 0) is 6.54 Å². The van der Waals surface area contributed by atoms with Crippen molar-refractivity contribution in [2.75, 3.05) is 19.6 Å². The fraction of sp³-hybridized carbons (Fsp3) is 0.400. The van der Waals surface area contributed by atoms with E-state index < -0.39 is 5.60 Å². The van der Waals surface area contributed by atoms with Crippen molar-refractivity contribution in [3.8, 4) is 11.3 Å². The van der Waals surface area contributed by atoms with E-state index in [0.29, 0.717) is 24.7 Å². The number of aromatic nitrogens is 2. The molecule has 1 aromatic heterocycles. The van der Waals surface area contributed by atoms with E-state index in [1.165, 1.54) is 0 Å². The number of rotatable bonds is 5. The van der Waals surface area contributed by atoms with E-state index >= 15 is 0 Å². The van der Waals surface area contributed by atoms with Gasteiger partial charge in [-0.05, 0) is 30.7 Å². The van der Waals surface area contributed by atoms with Crippen LogP contribution in [0.15, 0.2) is 30.5 Å². The minimum Gasteiger partial charge on any atom is -0.387 e. The van der Waals surface area contributed by atoms with Crippen LogP contribution in [0.25, 0.3) is 11.3 Å². The first-order valence-corrected chi connectivity index (χ1v) is 7.46. The maximum Gasteiger partial charge on any atom is 0.0907 e. The summed E-state index contributed by atoms with van der Waals surface area (Å²) < 4.78 is 0. The first-order chi connectivity index (χ1) is 10.2. The standard InChI is InChI=1S/C15H19ClN4O/c16-13-3-1-11(2-4-13)14-12(8-19-20-14)7-18-10-15(21)5-6-17-9-15/h1-4,8,17-18,21H,5-7,9-10H2,(H,19,20)/t15-/m0/s1. The molecule has 1 aliphatic rings. The van der Waals surface area contributed by atoms with Gasteiger partial charge in [0.15, 0.2) is 0 Å². The van der Waals surface area contributed by atoms with E-state index in [1.807, 2.05) is 30.5 Å². The zero-order chi connectivity index (χ0) is 14.7. The summed E-state index contributed by atoms with van der Waals surface area (Å²) in [5.74, 6) is 0. The van der Waals surface area contributed by atoms with Crippen LogP contribution in [0.4, 0.5) is 0 Å². The van der Waals surface area contributed by atoms with Crippen molar-refractivity contribution in [3.63, 3.8) is 0 Å². The Labute approximate surface area is 128 Å². The number of benzene rings is 1. The summed E-state index contributed by atoms with van der Waals surface area (Å²) in [6, 6.07) is 7.66. The average molecular weight is 307 g/mol. The molecular formula is C15H19ClN4O. The number of β-amino-alcohol motifs (C(OH)–C–C–N with tert-alkyl or cyclic N) is 1. The van der Waals surface area contributed by atoms with Gasteiger partial charge in [-0.25, -0.2) is 0 Å². The molecule has 1 atom stereocenters. The molecule has 0 radical (unpaired) electrons. The first kappa shape index (κ1) is 14.5. The average Bonchev–Trinajstić information content (AvgIpc) is 3.10. The highest BCUT2D eigenvalue weighted by molar-refractivity contribution is 6.30. The van der Waals surface area contributed by atoms with Gasteiger partial charge in [-0.2, -0.15) is 5.10 Å². The number of halogens is 1. The highest BCUT2D eigenvalue weighted by Gasteiger charge is 2.30. The van der Waals surface area contributed by atoms with Gasteiger partial charge in [0.25, 0.3) is 0 Å². The minimum atomic E-state index is -0.635. The lowest BCUT2D eigenvalue weighted by molar-refractivity contribution is 0.0609. The number of aliphatic hydroxyl groups is 1. The van der Waals surface area contributed by atoms with Crippen LogP contribution in [0.3, 0.4) is 0 Å². The van der Waals surface area contributed by atoms with Crippen LogP contribution in [0.2, 0.25) is 5.02 Å². The topological polar surface area (TPSA) is 73.0 Å². The van der Waals surface area contributed by atoms with E-state index in [4.69, 9.17) is 11.6 Å². The molecule has 2 heterocycles. The van der Waals surface area contributed by atoms with Gasteiger partial charge in [0.1, 0.15) is 0 Å². The molecule has 0 saturated carbocycles. The fourth-order valence-corrected chi connectivity index (χ4v) is 2.75. The summed E-state index contributed by atoms with van der Waals surface area (Å²) in [4.78, 5) is 0. The Morgan fingerprint density at radius 3 is 2.86 bits per heavy atom. The molecule has 0 bridgehead atoms. The van der Waals surface area contributed by atoms with Crippen molar-refractivity contribution in [1.82, 2.24) is 20.8 Å². The Balaban J connectivity index is 1.64. The quantitative estimate of drug-likeness (QED) is 0.676. The van der Waals surface area contributed by atoms with E-state index in [0.717, 1.165) is 29.8 Å². The molecule has 0 aliphatic carbocycles. The van der Waals surface area contributed by atoms with Crippen molar-refractivity contribution in [1.29, 1.82) is 0 Å².